The van der Waals surface area contributed by atoms with Crippen LogP contribution in [0.2, 0.25) is 0 Å². The number of nitrogens with two attached hydrogens (primary N) is 2. The van der Waals surface area contributed by atoms with Crippen LogP contribution in [0.4, 0.5) is 4.79 Å². The second-order valence-corrected chi connectivity index (χ2v) is 2.67. The first-order chi connectivity index (χ1) is 5.18. The normalized spacial score (nSPS) is 21.5. The van der Waals surface area contributed by atoms with Crippen molar-refractivity contribution < 1.29 is 9.53 Å². The fourth-order valence-electron chi connectivity index (χ4n) is 1.16. The molecule has 64 valence electrons. The molecule has 5 heteroatoms. The number of ether oxygens (including phenoxy) is 1. The first kappa shape index (κ1) is 8.29. The van der Waals surface area contributed by atoms with Gasteiger partial charge in [0.15, 0.2) is 0 Å². The number of rotatable bonds is 1. The second kappa shape index (κ2) is 3.54. The maximum absolute atomic E-state index is 10.3. The molecule has 1 aliphatic heterocycles. The van der Waals surface area contributed by atoms with Gasteiger partial charge in [0, 0.05) is 13.1 Å². The summed E-state index contributed by atoms with van der Waals surface area (Å²) in [6, 6.07) is 0. The lowest BCUT2D eigenvalue weighted by atomic mass is 10.1. The molecule has 1 heterocycles. The summed E-state index contributed by atoms with van der Waals surface area (Å²) in [4.78, 5) is 10.3. The molecule has 11 heavy (non-hydrogen) atoms. The summed E-state index contributed by atoms with van der Waals surface area (Å²) < 4.78 is 4.80. The molecule has 4 N–H and O–H groups in total. The lowest BCUT2D eigenvalue weighted by Gasteiger charge is -2.27. The summed E-state index contributed by atoms with van der Waals surface area (Å²) in [5.74, 6) is 5.49. The van der Waals surface area contributed by atoms with E-state index in [0.29, 0.717) is 0 Å². The van der Waals surface area contributed by atoms with E-state index >= 15 is 0 Å². The van der Waals surface area contributed by atoms with Crippen LogP contribution >= 0.6 is 0 Å². The van der Waals surface area contributed by atoms with E-state index in [-0.39, 0.29) is 6.10 Å². The van der Waals surface area contributed by atoms with Gasteiger partial charge in [-0.2, -0.15) is 0 Å². The van der Waals surface area contributed by atoms with Gasteiger partial charge in [-0.25, -0.2) is 9.80 Å². The highest BCUT2D eigenvalue weighted by Crippen LogP contribution is 2.10. The third-order valence-corrected chi connectivity index (χ3v) is 1.76. The van der Waals surface area contributed by atoms with Crippen LogP contribution in [0, 0.1) is 0 Å². The fourth-order valence-corrected chi connectivity index (χ4v) is 1.16. The quantitative estimate of drug-likeness (QED) is 0.501. The Morgan fingerprint density at radius 1 is 1.45 bits per heavy atom. The van der Waals surface area contributed by atoms with Crippen LogP contribution in [0.3, 0.4) is 0 Å². The average molecular weight is 159 g/mol. The Balaban J connectivity index is 2.22. The van der Waals surface area contributed by atoms with Crippen LogP contribution in [-0.4, -0.2) is 30.3 Å². The molecule has 0 spiro atoms. The third-order valence-electron chi connectivity index (χ3n) is 1.76. The van der Waals surface area contributed by atoms with Gasteiger partial charge in [0.2, 0.25) is 0 Å². The van der Waals surface area contributed by atoms with Crippen LogP contribution in [-0.2, 0) is 4.74 Å². The van der Waals surface area contributed by atoms with E-state index in [1.807, 2.05) is 0 Å². The van der Waals surface area contributed by atoms with E-state index in [9.17, 15) is 4.79 Å². The number of carbonyl (C=O) groups is 1. The largest absolute Gasteiger partial charge is 0.446 e. The van der Waals surface area contributed by atoms with E-state index in [1.165, 1.54) is 0 Å². The van der Waals surface area contributed by atoms with Crippen molar-refractivity contribution in [3.63, 3.8) is 0 Å². The van der Waals surface area contributed by atoms with Gasteiger partial charge in [-0.05, 0) is 12.8 Å². The summed E-state index contributed by atoms with van der Waals surface area (Å²) in [6.07, 6.45) is 0.826. The Labute approximate surface area is 65.2 Å². The molecular weight excluding hydrogens is 146 g/mol. The molecule has 0 saturated carbocycles. The summed E-state index contributed by atoms with van der Waals surface area (Å²) in [5, 5.41) is 1.71. The highest BCUT2D eigenvalue weighted by Gasteiger charge is 2.18. The smallest absolute Gasteiger partial charge is 0.404 e. The molecule has 1 aliphatic rings. The molecule has 0 aromatic heterocycles. The Morgan fingerprint density at radius 3 is 2.45 bits per heavy atom. The van der Waals surface area contributed by atoms with Crippen molar-refractivity contribution in [1.29, 1.82) is 0 Å². The van der Waals surface area contributed by atoms with Gasteiger partial charge < -0.3 is 10.5 Å². The van der Waals surface area contributed by atoms with Crippen molar-refractivity contribution >= 4 is 6.09 Å². The number of carbonyl (C=O) groups excluding carboxylic acids is 1. The highest BCUT2D eigenvalue weighted by atomic mass is 16.6. The predicted octanol–water partition coefficient (Wildman–Crippen LogP) is -0.580. The van der Waals surface area contributed by atoms with Crippen molar-refractivity contribution in [3.8, 4) is 0 Å². The Morgan fingerprint density at radius 2 is 2.00 bits per heavy atom. The minimum absolute atomic E-state index is 0.0349. The van der Waals surface area contributed by atoms with E-state index in [1.54, 1.807) is 5.01 Å². The molecule has 0 bridgehead atoms. The van der Waals surface area contributed by atoms with Crippen LogP contribution in [0.5, 0.6) is 0 Å². The molecule has 1 fully saturated rings. The summed E-state index contributed by atoms with van der Waals surface area (Å²) in [6.45, 7) is 1.52. The van der Waals surface area contributed by atoms with Crippen molar-refractivity contribution in [2.24, 2.45) is 11.6 Å². The summed E-state index contributed by atoms with van der Waals surface area (Å²) >= 11 is 0. The standard InChI is InChI=1S/C6H13N3O2/c7-6(10)11-5-1-3-9(8)4-2-5/h5H,1-4,8H2,(H2,7,10). The second-order valence-electron chi connectivity index (χ2n) is 2.67. The van der Waals surface area contributed by atoms with E-state index < -0.39 is 6.09 Å². The number of hydrogen-bond donors (Lipinski definition) is 2. The zero-order valence-corrected chi connectivity index (χ0v) is 6.32. The molecule has 5 nitrogen and oxygen atoms in total. The first-order valence-electron chi connectivity index (χ1n) is 3.64. The van der Waals surface area contributed by atoms with Gasteiger partial charge in [0.25, 0.3) is 0 Å². The minimum Gasteiger partial charge on any atom is -0.446 e. The van der Waals surface area contributed by atoms with Crippen molar-refractivity contribution in [3.05, 3.63) is 0 Å². The molecule has 0 aromatic carbocycles. The fraction of sp³-hybridized carbons (Fsp3) is 0.833. The van der Waals surface area contributed by atoms with Gasteiger partial charge in [0.05, 0.1) is 0 Å². The van der Waals surface area contributed by atoms with Gasteiger partial charge in [-0.3, -0.25) is 5.84 Å². The van der Waals surface area contributed by atoms with Gasteiger partial charge in [0.1, 0.15) is 6.10 Å². The topological polar surface area (TPSA) is 81.6 Å². The van der Waals surface area contributed by atoms with Crippen LogP contribution in [0.15, 0.2) is 0 Å². The maximum Gasteiger partial charge on any atom is 0.404 e. The minimum atomic E-state index is -0.694. The lowest BCUT2D eigenvalue weighted by Crippen LogP contribution is -2.42. The van der Waals surface area contributed by atoms with Crippen LogP contribution in [0.25, 0.3) is 0 Å². The third kappa shape index (κ3) is 2.73. The number of piperidine rings is 1. The van der Waals surface area contributed by atoms with E-state index in [2.05, 4.69) is 0 Å². The van der Waals surface area contributed by atoms with Gasteiger partial charge in [-0.1, -0.05) is 0 Å². The molecular formula is C6H13N3O2. The Bertz CT molecular complexity index is 143. The molecule has 1 amide bonds. The summed E-state index contributed by atoms with van der Waals surface area (Å²) in [7, 11) is 0. The Hall–Kier alpha value is -0.810. The van der Waals surface area contributed by atoms with Crippen LogP contribution < -0.4 is 11.6 Å². The molecule has 0 aromatic rings. The average Bonchev–Trinajstić information content (AvgIpc) is 1.93. The zero-order chi connectivity index (χ0) is 8.27. The first-order valence-corrected chi connectivity index (χ1v) is 3.64. The summed E-state index contributed by atoms with van der Waals surface area (Å²) in [5.41, 5.74) is 4.85. The molecule has 0 aliphatic carbocycles. The van der Waals surface area contributed by atoms with Crippen LogP contribution in [0.1, 0.15) is 12.8 Å². The number of primary amides is 1. The lowest BCUT2D eigenvalue weighted by molar-refractivity contribution is 0.0563. The number of hydrogen-bond acceptors (Lipinski definition) is 4. The molecule has 0 radical (unpaired) electrons. The van der Waals surface area contributed by atoms with Crippen molar-refractivity contribution in [2.45, 2.75) is 18.9 Å². The number of amides is 1. The highest BCUT2D eigenvalue weighted by molar-refractivity contribution is 5.64. The number of hydrazine groups is 1. The molecule has 0 atom stereocenters. The van der Waals surface area contributed by atoms with Crippen molar-refractivity contribution in [1.82, 2.24) is 5.01 Å². The molecule has 0 unspecified atom stereocenters. The monoisotopic (exact) mass is 159 g/mol. The number of nitrogens with zero attached hydrogens (tertiary/aromatic N) is 1. The molecule has 1 saturated heterocycles. The van der Waals surface area contributed by atoms with Crippen molar-refractivity contribution in [2.75, 3.05) is 13.1 Å². The van der Waals surface area contributed by atoms with Gasteiger partial charge in [-0.15, -0.1) is 0 Å². The SMILES string of the molecule is NC(=O)OC1CCN(N)CC1. The van der Waals surface area contributed by atoms with E-state index in [0.717, 1.165) is 25.9 Å². The zero-order valence-electron chi connectivity index (χ0n) is 6.32. The van der Waals surface area contributed by atoms with Gasteiger partial charge >= 0.3 is 6.09 Å². The predicted molar refractivity (Wildman–Crippen MR) is 39.5 cm³/mol. The molecule has 1 rings (SSSR count). The van der Waals surface area contributed by atoms with E-state index in [4.69, 9.17) is 16.3 Å². The maximum atomic E-state index is 10.3. The Kier molecular flexibility index (Phi) is 2.67.